The summed E-state index contributed by atoms with van der Waals surface area (Å²) in [6.45, 7) is 2.34. The lowest BCUT2D eigenvalue weighted by molar-refractivity contribution is -0.111. The molecule has 150 valence electrons. The molecule has 3 aromatic rings. The number of nitrogens with one attached hydrogen (secondary N) is 1. The Bertz CT molecular complexity index is 1010. The van der Waals surface area contributed by atoms with E-state index in [1.165, 1.54) is 6.08 Å². The quantitative estimate of drug-likeness (QED) is 0.545. The predicted molar refractivity (Wildman–Crippen MR) is 115 cm³/mol. The molecule has 7 heteroatoms. The van der Waals surface area contributed by atoms with Crippen LogP contribution >= 0.6 is 11.3 Å². The Morgan fingerprint density at radius 2 is 1.97 bits per heavy atom. The molecular weight excluding hydrogens is 388 g/mol. The first-order chi connectivity index (χ1) is 14.1. The first-order valence-electron chi connectivity index (χ1n) is 8.93. The van der Waals surface area contributed by atoms with Crippen LogP contribution in [0.4, 0.5) is 5.69 Å². The van der Waals surface area contributed by atoms with Gasteiger partial charge in [0.1, 0.15) is 23.9 Å². The fourth-order valence-corrected chi connectivity index (χ4v) is 3.22. The summed E-state index contributed by atoms with van der Waals surface area (Å²) in [5.74, 6) is 1.57. The molecule has 0 radical (unpaired) electrons. The monoisotopic (exact) mass is 410 g/mol. The van der Waals surface area contributed by atoms with Crippen LogP contribution in [0.5, 0.6) is 17.2 Å². The van der Waals surface area contributed by atoms with E-state index in [2.05, 4.69) is 10.3 Å². The lowest BCUT2D eigenvalue weighted by atomic mass is 10.2. The van der Waals surface area contributed by atoms with Crippen molar-refractivity contribution in [3.05, 3.63) is 70.2 Å². The molecule has 1 amide bonds. The molecule has 0 atom stereocenters. The van der Waals surface area contributed by atoms with Gasteiger partial charge in [0.15, 0.2) is 0 Å². The average Bonchev–Trinajstić information content (AvgIpc) is 3.16. The maximum absolute atomic E-state index is 12.4. The number of thiazole rings is 1. The van der Waals surface area contributed by atoms with Gasteiger partial charge in [-0.1, -0.05) is 18.2 Å². The van der Waals surface area contributed by atoms with E-state index in [1.807, 2.05) is 36.6 Å². The van der Waals surface area contributed by atoms with E-state index in [9.17, 15) is 4.79 Å². The summed E-state index contributed by atoms with van der Waals surface area (Å²) in [6.07, 6.45) is 3.16. The third-order valence-corrected chi connectivity index (χ3v) is 4.86. The number of para-hydroxylation sites is 1. The van der Waals surface area contributed by atoms with E-state index in [0.29, 0.717) is 29.5 Å². The molecule has 1 aromatic heterocycles. The number of ether oxygens (including phenoxy) is 3. The number of aromatic nitrogens is 1. The fraction of sp³-hybridized carbons (Fsp3) is 0.182. The van der Waals surface area contributed by atoms with E-state index in [4.69, 9.17) is 14.2 Å². The van der Waals surface area contributed by atoms with Gasteiger partial charge in [-0.3, -0.25) is 4.79 Å². The number of carbonyl (C=O) groups is 1. The highest BCUT2D eigenvalue weighted by Gasteiger charge is 2.08. The number of carbonyl (C=O) groups excluding carboxylic acids is 1. The summed E-state index contributed by atoms with van der Waals surface area (Å²) in [6, 6.07) is 12.7. The molecule has 0 saturated carbocycles. The summed E-state index contributed by atoms with van der Waals surface area (Å²) < 4.78 is 16.4. The van der Waals surface area contributed by atoms with Crippen molar-refractivity contribution in [3.8, 4) is 17.2 Å². The molecule has 2 aromatic carbocycles. The van der Waals surface area contributed by atoms with Crippen molar-refractivity contribution >= 4 is 29.0 Å². The van der Waals surface area contributed by atoms with Gasteiger partial charge in [-0.15, -0.1) is 11.3 Å². The Balaban J connectivity index is 1.69. The lowest BCUT2D eigenvalue weighted by Gasteiger charge is -2.11. The van der Waals surface area contributed by atoms with Gasteiger partial charge < -0.3 is 19.5 Å². The van der Waals surface area contributed by atoms with Crippen molar-refractivity contribution in [2.75, 3.05) is 19.5 Å². The van der Waals surface area contributed by atoms with Crippen molar-refractivity contribution in [1.82, 2.24) is 4.98 Å². The summed E-state index contributed by atoms with van der Waals surface area (Å²) in [5.41, 5.74) is 2.21. The van der Waals surface area contributed by atoms with Crippen molar-refractivity contribution < 1.29 is 19.0 Å². The maximum Gasteiger partial charge on any atom is 0.248 e. The number of nitrogens with zero attached hydrogens (tertiary/aromatic N) is 1. The third kappa shape index (κ3) is 5.58. The van der Waals surface area contributed by atoms with Crippen LogP contribution in [0.3, 0.4) is 0 Å². The number of amides is 1. The smallest absolute Gasteiger partial charge is 0.248 e. The molecule has 0 saturated heterocycles. The molecule has 0 aliphatic heterocycles. The van der Waals surface area contributed by atoms with Crippen molar-refractivity contribution in [1.29, 1.82) is 0 Å². The molecule has 29 heavy (non-hydrogen) atoms. The van der Waals surface area contributed by atoms with Gasteiger partial charge in [0.05, 0.1) is 30.6 Å². The van der Waals surface area contributed by atoms with Crippen LogP contribution in [0.2, 0.25) is 0 Å². The molecule has 0 bridgehead atoms. The summed E-state index contributed by atoms with van der Waals surface area (Å²) >= 11 is 1.59. The Hall–Kier alpha value is -3.32. The van der Waals surface area contributed by atoms with E-state index in [0.717, 1.165) is 16.3 Å². The normalized spacial score (nSPS) is 10.7. The van der Waals surface area contributed by atoms with E-state index < -0.39 is 0 Å². The van der Waals surface area contributed by atoms with Crippen LogP contribution in [0.1, 0.15) is 16.3 Å². The Labute approximate surface area is 173 Å². The van der Waals surface area contributed by atoms with Gasteiger partial charge in [-0.2, -0.15) is 0 Å². The first-order valence-corrected chi connectivity index (χ1v) is 9.81. The topological polar surface area (TPSA) is 69.7 Å². The summed E-state index contributed by atoms with van der Waals surface area (Å²) in [5, 5.41) is 5.78. The number of anilines is 1. The van der Waals surface area contributed by atoms with Crippen LogP contribution in [-0.4, -0.2) is 25.1 Å². The molecule has 3 rings (SSSR count). The number of rotatable bonds is 8. The zero-order valence-electron chi connectivity index (χ0n) is 16.5. The second-order valence-electron chi connectivity index (χ2n) is 6.07. The predicted octanol–water partition coefficient (Wildman–Crippen LogP) is 4.70. The Morgan fingerprint density at radius 1 is 1.14 bits per heavy atom. The van der Waals surface area contributed by atoms with Gasteiger partial charge in [0.2, 0.25) is 5.91 Å². The number of hydrogen-bond acceptors (Lipinski definition) is 6. The van der Waals surface area contributed by atoms with Crippen LogP contribution in [0.25, 0.3) is 6.08 Å². The van der Waals surface area contributed by atoms with Gasteiger partial charge in [0, 0.05) is 23.1 Å². The van der Waals surface area contributed by atoms with Crippen LogP contribution in [-0.2, 0) is 11.4 Å². The van der Waals surface area contributed by atoms with Crippen LogP contribution in [0.15, 0.2) is 53.9 Å². The lowest BCUT2D eigenvalue weighted by Crippen LogP contribution is -2.09. The molecule has 1 N–H and O–H groups in total. The minimum atomic E-state index is -0.290. The van der Waals surface area contributed by atoms with Gasteiger partial charge in [-0.05, 0) is 31.2 Å². The summed E-state index contributed by atoms with van der Waals surface area (Å²) in [7, 11) is 3.11. The Kier molecular flexibility index (Phi) is 6.86. The Morgan fingerprint density at radius 3 is 2.69 bits per heavy atom. The van der Waals surface area contributed by atoms with E-state index in [-0.39, 0.29) is 5.91 Å². The molecule has 1 heterocycles. The molecule has 0 aliphatic carbocycles. The first kappa shape index (κ1) is 20.4. The second kappa shape index (κ2) is 9.75. The highest BCUT2D eigenvalue weighted by Crippen LogP contribution is 2.29. The van der Waals surface area contributed by atoms with Crippen LogP contribution in [0, 0.1) is 6.92 Å². The van der Waals surface area contributed by atoms with E-state index >= 15 is 0 Å². The number of hydrogen-bond donors (Lipinski definition) is 1. The molecular formula is C22H22N2O4S. The van der Waals surface area contributed by atoms with Crippen molar-refractivity contribution in [2.45, 2.75) is 13.5 Å². The number of benzene rings is 2. The largest absolute Gasteiger partial charge is 0.497 e. The third-order valence-electron chi connectivity index (χ3n) is 4.04. The zero-order valence-corrected chi connectivity index (χ0v) is 17.3. The standard InChI is InChI=1S/C22H22N2O4S/c1-15-23-17(14-29-15)13-28-20-7-5-4-6-16(20)8-11-22(25)24-19-12-18(26-2)9-10-21(19)27-3/h4-12,14H,13H2,1-3H3,(H,24,25)/b11-8+. The molecule has 6 nitrogen and oxygen atoms in total. The van der Waals surface area contributed by atoms with E-state index in [1.54, 1.807) is 49.8 Å². The number of aryl methyl sites for hydroxylation is 1. The van der Waals surface area contributed by atoms with Gasteiger partial charge >= 0.3 is 0 Å². The van der Waals surface area contributed by atoms with Gasteiger partial charge in [-0.25, -0.2) is 4.98 Å². The van der Waals surface area contributed by atoms with Gasteiger partial charge in [0.25, 0.3) is 0 Å². The minimum absolute atomic E-state index is 0.290. The minimum Gasteiger partial charge on any atom is -0.497 e. The highest BCUT2D eigenvalue weighted by atomic mass is 32.1. The molecule has 0 spiro atoms. The molecule has 0 fully saturated rings. The maximum atomic E-state index is 12.4. The zero-order chi connectivity index (χ0) is 20.6. The number of methoxy groups -OCH3 is 2. The average molecular weight is 410 g/mol. The molecule has 0 aliphatic rings. The van der Waals surface area contributed by atoms with Crippen molar-refractivity contribution in [2.24, 2.45) is 0 Å². The second-order valence-corrected chi connectivity index (χ2v) is 7.14. The van der Waals surface area contributed by atoms with Crippen molar-refractivity contribution in [3.63, 3.8) is 0 Å². The summed E-state index contributed by atoms with van der Waals surface area (Å²) in [4.78, 5) is 16.8. The molecule has 0 unspecified atom stereocenters. The highest BCUT2D eigenvalue weighted by molar-refractivity contribution is 7.09. The fourth-order valence-electron chi connectivity index (χ4n) is 2.63. The SMILES string of the molecule is COc1ccc(OC)c(NC(=O)/C=C/c2ccccc2OCc2csc(C)n2)c1. The van der Waals surface area contributed by atoms with Crippen LogP contribution < -0.4 is 19.5 Å².